The Morgan fingerprint density at radius 1 is 0.928 bits per heavy atom. The standard InChI is InChI=1S/C49H49F2N9O8S/c1-56(34-21-37(22-34)67-35-6-8-38-30(20-35)26-59(48(38)63)44-12-13-45(61)54-47(44)62)25-29-14-17-57(18-15-29)32-2-4-33(5-3-32)60-28-53-42-10-7-36(23-39(42)49(60)64)68-46-40(24-52)43(11-9-41(46)51)55-69(65,66)58-19-16-31(50)27-58/h2-11,20,23,28-29,31,34,37,44,55H,12-19,21-22,25-27H2,1H3,(H,54,61,62)/t31-,34?,37?,44+/m1/s1. The van der Waals surface area contributed by atoms with Gasteiger partial charge in [0.25, 0.3) is 11.5 Å². The Balaban J connectivity index is 0.717. The number of hydrogen-bond acceptors (Lipinski definition) is 12. The first-order valence-corrected chi connectivity index (χ1v) is 24.5. The molecule has 5 aromatic rings. The van der Waals surface area contributed by atoms with Crippen molar-refractivity contribution in [3.05, 3.63) is 112 Å². The number of fused-ring (bicyclic) bond motifs is 2. The molecule has 4 aromatic carbocycles. The Morgan fingerprint density at radius 2 is 1.68 bits per heavy atom. The fourth-order valence-electron chi connectivity index (χ4n) is 9.99. The molecule has 1 saturated carbocycles. The van der Waals surface area contributed by atoms with E-state index in [0.717, 1.165) is 73.0 Å². The Labute approximate surface area is 396 Å². The number of carbonyl (C=O) groups excluding carboxylic acids is 3. The quantitative estimate of drug-likeness (QED) is 0.143. The van der Waals surface area contributed by atoms with Crippen molar-refractivity contribution in [2.24, 2.45) is 5.92 Å². The molecule has 4 aliphatic heterocycles. The number of ether oxygens (including phenoxy) is 2. The second-order valence-electron chi connectivity index (χ2n) is 18.4. The molecule has 0 unspecified atom stereocenters. The lowest BCUT2D eigenvalue weighted by Gasteiger charge is -2.43. The molecule has 1 aromatic heterocycles. The molecule has 5 aliphatic rings. The number of anilines is 2. The molecule has 0 radical (unpaired) electrons. The third-order valence-corrected chi connectivity index (χ3v) is 15.5. The van der Waals surface area contributed by atoms with E-state index in [1.807, 2.05) is 36.4 Å². The highest BCUT2D eigenvalue weighted by Crippen LogP contribution is 2.37. The van der Waals surface area contributed by atoms with Crippen LogP contribution in [0.3, 0.4) is 0 Å². The van der Waals surface area contributed by atoms with Crippen LogP contribution in [0, 0.1) is 23.1 Å². The number of amides is 3. The van der Waals surface area contributed by atoms with Crippen molar-refractivity contribution >= 4 is 50.2 Å². The van der Waals surface area contributed by atoms with Gasteiger partial charge in [0.1, 0.15) is 47.8 Å². The molecule has 4 fully saturated rings. The third kappa shape index (κ3) is 9.21. The molecule has 0 spiro atoms. The number of aromatic nitrogens is 2. The number of hydrogen-bond donors (Lipinski definition) is 2. The Bertz CT molecular complexity index is 3080. The summed E-state index contributed by atoms with van der Waals surface area (Å²) in [5.74, 6) is -1.17. The minimum atomic E-state index is -4.24. The fraction of sp³-hybridized carbons (Fsp3) is 0.388. The summed E-state index contributed by atoms with van der Waals surface area (Å²) in [5, 5.41) is 12.5. The van der Waals surface area contributed by atoms with E-state index in [4.69, 9.17) is 9.47 Å². The summed E-state index contributed by atoms with van der Waals surface area (Å²) in [6.45, 7) is 2.69. The van der Waals surface area contributed by atoms with Gasteiger partial charge < -0.3 is 24.2 Å². The maximum absolute atomic E-state index is 15.2. The van der Waals surface area contributed by atoms with Gasteiger partial charge in [0.15, 0.2) is 11.6 Å². The van der Waals surface area contributed by atoms with Crippen LogP contribution in [0.5, 0.6) is 17.2 Å². The molecule has 2 N–H and O–H groups in total. The van der Waals surface area contributed by atoms with E-state index in [2.05, 4.69) is 31.9 Å². The molecule has 1 aliphatic carbocycles. The van der Waals surface area contributed by atoms with Crippen LogP contribution in [0.4, 0.5) is 20.2 Å². The number of piperidine rings is 2. The van der Waals surface area contributed by atoms with E-state index in [9.17, 15) is 37.2 Å². The van der Waals surface area contributed by atoms with Crippen LogP contribution in [0.1, 0.15) is 66.4 Å². The molecule has 5 heterocycles. The molecule has 2 atom stereocenters. The van der Waals surface area contributed by atoms with Crippen LogP contribution in [0.25, 0.3) is 16.6 Å². The molecule has 20 heteroatoms. The number of rotatable bonds is 13. The Kier molecular flexibility index (Phi) is 12.3. The first kappa shape index (κ1) is 45.8. The molecule has 10 rings (SSSR count). The predicted octanol–water partition coefficient (Wildman–Crippen LogP) is 5.41. The number of imide groups is 1. The monoisotopic (exact) mass is 961 g/mol. The van der Waals surface area contributed by atoms with Gasteiger partial charge in [-0.05, 0) is 117 Å². The van der Waals surface area contributed by atoms with Gasteiger partial charge in [0.05, 0.1) is 22.3 Å². The SMILES string of the molecule is CN(CC1CCN(c2ccc(-n3cnc4ccc(Oc5c(F)ccc(NS(=O)(=O)N6CC[C@@H](F)C6)c5C#N)cc4c3=O)cc2)CC1)C1CC(Oc2ccc3c(c2)CN([C@H]2CCC(=O)NC2=O)C3=O)C1. The summed E-state index contributed by atoms with van der Waals surface area (Å²) in [7, 11) is -2.07. The lowest BCUT2D eigenvalue weighted by Crippen LogP contribution is -2.52. The zero-order valence-corrected chi connectivity index (χ0v) is 38.5. The van der Waals surface area contributed by atoms with Crippen molar-refractivity contribution < 1.29 is 41.1 Å². The van der Waals surface area contributed by atoms with Crippen LogP contribution >= 0.6 is 0 Å². The predicted molar refractivity (Wildman–Crippen MR) is 250 cm³/mol. The van der Waals surface area contributed by atoms with E-state index in [1.165, 1.54) is 29.1 Å². The average Bonchev–Trinajstić information content (AvgIpc) is 3.91. The second-order valence-corrected chi connectivity index (χ2v) is 20.1. The summed E-state index contributed by atoms with van der Waals surface area (Å²) in [6.07, 6.45) is 4.63. The van der Waals surface area contributed by atoms with Gasteiger partial charge in [-0.1, -0.05) is 0 Å². The van der Waals surface area contributed by atoms with Crippen molar-refractivity contribution in [3.63, 3.8) is 0 Å². The number of benzene rings is 4. The van der Waals surface area contributed by atoms with Crippen LogP contribution in [-0.4, -0.2) is 114 Å². The first-order valence-electron chi connectivity index (χ1n) is 23.0. The molecular weight excluding hydrogens is 913 g/mol. The highest BCUT2D eigenvalue weighted by molar-refractivity contribution is 7.90. The number of halogens is 2. The Hall–Kier alpha value is -6.95. The minimum absolute atomic E-state index is 0.0142. The summed E-state index contributed by atoms with van der Waals surface area (Å²) in [6, 6.07) is 21.1. The number of alkyl halides is 1. The molecule has 358 valence electrons. The smallest absolute Gasteiger partial charge is 0.301 e. The van der Waals surface area contributed by atoms with Gasteiger partial charge in [-0.25, -0.2) is 13.8 Å². The summed E-state index contributed by atoms with van der Waals surface area (Å²) in [5.41, 5.74) is 2.28. The number of nitriles is 1. The summed E-state index contributed by atoms with van der Waals surface area (Å²) in [4.78, 5) is 61.8. The van der Waals surface area contributed by atoms with E-state index >= 15 is 4.39 Å². The van der Waals surface area contributed by atoms with Gasteiger partial charge in [0, 0.05) is 75.8 Å². The van der Waals surface area contributed by atoms with Crippen molar-refractivity contribution in [2.45, 2.75) is 75.8 Å². The van der Waals surface area contributed by atoms with Crippen molar-refractivity contribution in [1.82, 2.24) is 29.0 Å². The van der Waals surface area contributed by atoms with Crippen molar-refractivity contribution in [3.8, 4) is 29.0 Å². The molecule has 3 amide bonds. The molecular formula is C49H49F2N9O8S. The maximum Gasteiger partial charge on any atom is 0.301 e. The molecule has 0 bridgehead atoms. The fourth-order valence-corrected chi connectivity index (χ4v) is 11.3. The number of carbonyl (C=O) groups is 3. The van der Waals surface area contributed by atoms with Crippen LogP contribution < -0.4 is 30.0 Å². The second kappa shape index (κ2) is 18.5. The molecule has 69 heavy (non-hydrogen) atoms. The highest BCUT2D eigenvalue weighted by atomic mass is 32.2. The lowest BCUT2D eigenvalue weighted by molar-refractivity contribution is -0.136. The van der Waals surface area contributed by atoms with Gasteiger partial charge in [-0.2, -0.15) is 18.0 Å². The number of nitrogens with zero attached hydrogens (tertiary/aromatic N) is 7. The van der Waals surface area contributed by atoms with Gasteiger partial charge in [-0.3, -0.25) is 33.8 Å². The van der Waals surface area contributed by atoms with E-state index in [-0.39, 0.29) is 60.7 Å². The van der Waals surface area contributed by atoms with Crippen LogP contribution in [0.2, 0.25) is 0 Å². The third-order valence-electron chi connectivity index (χ3n) is 14.0. The maximum atomic E-state index is 15.2. The zero-order chi connectivity index (χ0) is 48.1. The average molecular weight is 962 g/mol. The minimum Gasteiger partial charge on any atom is -0.490 e. The zero-order valence-electron chi connectivity index (χ0n) is 37.6. The lowest BCUT2D eigenvalue weighted by atomic mass is 9.86. The van der Waals surface area contributed by atoms with Crippen molar-refractivity contribution in [1.29, 1.82) is 5.26 Å². The van der Waals surface area contributed by atoms with E-state index in [0.29, 0.717) is 47.4 Å². The number of nitrogens with one attached hydrogen (secondary N) is 2. The summed E-state index contributed by atoms with van der Waals surface area (Å²) >= 11 is 0. The Morgan fingerprint density at radius 3 is 2.41 bits per heavy atom. The van der Waals surface area contributed by atoms with Gasteiger partial charge >= 0.3 is 10.2 Å². The van der Waals surface area contributed by atoms with E-state index < -0.39 is 51.0 Å². The highest BCUT2D eigenvalue weighted by Gasteiger charge is 2.40. The van der Waals surface area contributed by atoms with Crippen LogP contribution in [-0.2, 0) is 26.3 Å². The molecule has 3 saturated heterocycles. The molecule has 17 nitrogen and oxygen atoms in total. The summed E-state index contributed by atoms with van der Waals surface area (Å²) < 4.78 is 71.5. The normalized spacial score (nSPS) is 22.1. The first-order chi connectivity index (χ1) is 33.2. The van der Waals surface area contributed by atoms with Crippen molar-refractivity contribution in [2.75, 3.05) is 49.4 Å². The van der Waals surface area contributed by atoms with Crippen LogP contribution in [0.15, 0.2) is 83.9 Å². The van der Waals surface area contributed by atoms with Gasteiger partial charge in [-0.15, -0.1) is 0 Å². The largest absolute Gasteiger partial charge is 0.490 e. The van der Waals surface area contributed by atoms with E-state index in [1.54, 1.807) is 17.0 Å². The van der Waals surface area contributed by atoms with Gasteiger partial charge in [0.2, 0.25) is 11.8 Å². The topological polar surface area (TPSA) is 200 Å².